The molecule has 0 aromatic carbocycles. The second-order valence-corrected chi connectivity index (χ2v) is 7.57. The maximum atomic E-state index is 4.98. The molecule has 0 spiro atoms. The number of anilines is 1. The molecule has 1 fully saturated rings. The second-order valence-electron chi connectivity index (χ2n) is 7.57. The maximum Gasteiger partial charge on any atom is 0.180 e. The molecule has 0 saturated carbocycles. The molecule has 7 heteroatoms. The summed E-state index contributed by atoms with van der Waals surface area (Å²) in [6.45, 7) is 8.26. The summed E-state index contributed by atoms with van der Waals surface area (Å²) in [5, 5.41) is 3.44. The number of piperazine rings is 1. The van der Waals surface area contributed by atoms with Crippen LogP contribution in [0.3, 0.4) is 0 Å². The van der Waals surface area contributed by atoms with Crippen LogP contribution in [-0.4, -0.2) is 84.7 Å². The van der Waals surface area contributed by atoms with Crippen molar-refractivity contribution < 1.29 is 0 Å². The minimum atomic E-state index is 0.739. The Balaban J connectivity index is 1.57. The van der Waals surface area contributed by atoms with Gasteiger partial charge in [0.25, 0.3) is 0 Å². The van der Waals surface area contributed by atoms with Crippen molar-refractivity contribution >= 4 is 5.82 Å². The van der Waals surface area contributed by atoms with Gasteiger partial charge in [-0.3, -0.25) is 9.88 Å². The van der Waals surface area contributed by atoms with Gasteiger partial charge in [-0.1, -0.05) is 6.07 Å². The number of nitrogens with one attached hydrogen (secondary N) is 1. The molecule has 0 amide bonds. The van der Waals surface area contributed by atoms with Gasteiger partial charge in [0.2, 0.25) is 0 Å². The molecule has 144 valence electrons. The first-order valence-electron chi connectivity index (χ1n) is 9.84. The summed E-state index contributed by atoms with van der Waals surface area (Å²) in [7, 11) is 4.27. The van der Waals surface area contributed by atoms with Gasteiger partial charge in [0.15, 0.2) is 5.82 Å². The van der Waals surface area contributed by atoms with Crippen LogP contribution in [0.25, 0.3) is 11.5 Å². The zero-order valence-electron chi connectivity index (χ0n) is 16.4. The molecule has 2 aromatic heterocycles. The average Bonchev–Trinajstić information content (AvgIpc) is 2.72. The topological polar surface area (TPSA) is 60.4 Å². The standard InChI is InChI=1S/C20H29N7/c1-25(2)9-10-26-11-13-27(14-12-26)20-16-6-8-21-15-18(16)23-19(24-20)17-5-3-4-7-22-17/h3-5,7,21H,6,8-15H2,1-2H3. The Morgan fingerprint density at radius 2 is 1.96 bits per heavy atom. The minimum Gasteiger partial charge on any atom is -0.354 e. The highest BCUT2D eigenvalue weighted by Crippen LogP contribution is 2.27. The van der Waals surface area contributed by atoms with Gasteiger partial charge in [0, 0.05) is 57.6 Å². The van der Waals surface area contributed by atoms with Crippen molar-refractivity contribution in [3.05, 3.63) is 35.7 Å². The van der Waals surface area contributed by atoms with Gasteiger partial charge in [-0.25, -0.2) is 9.97 Å². The Morgan fingerprint density at radius 3 is 2.70 bits per heavy atom. The van der Waals surface area contributed by atoms with Crippen LogP contribution >= 0.6 is 0 Å². The third-order valence-corrected chi connectivity index (χ3v) is 5.34. The van der Waals surface area contributed by atoms with Gasteiger partial charge in [-0.05, 0) is 39.2 Å². The van der Waals surface area contributed by atoms with E-state index in [0.717, 1.165) is 81.8 Å². The Morgan fingerprint density at radius 1 is 1.11 bits per heavy atom. The molecule has 0 bridgehead atoms. The van der Waals surface area contributed by atoms with Crippen LogP contribution in [0.4, 0.5) is 5.82 Å². The van der Waals surface area contributed by atoms with E-state index in [2.05, 4.69) is 39.1 Å². The number of hydrogen-bond acceptors (Lipinski definition) is 7. The number of likely N-dealkylation sites (N-methyl/N-ethyl adjacent to an activating group) is 1. The second kappa shape index (κ2) is 8.29. The SMILES string of the molecule is CN(C)CCN1CCN(c2nc(-c3ccccn3)nc3c2CCNC3)CC1. The van der Waals surface area contributed by atoms with E-state index in [1.54, 1.807) is 6.20 Å². The van der Waals surface area contributed by atoms with Crippen LogP contribution in [0.2, 0.25) is 0 Å². The molecular formula is C20H29N7. The van der Waals surface area contributed by atoms with Crippen molar-refractivity contribution in [3.63, 3.8) is 0 Å². The maximum absolute atomic E-state index is 4.98. The zero-order valence-corrected chi connectivity index (χ0v) is 16.4. The number of pyridine rings is 1. The molecular weight excluding hydrogens is 338 g/mol. The predicted octanol–water partition coefficient (Wildman–Crippen LogP) is 0.868. The monoisotopic (exact) mass is 367 g/mol. The van der Waals surface area contributed by atoms with E-state index < -0.39 is 0 Å². The first-order chi connectivity index (χ1) is 13.2. The molecule has 7 nitrogen and oxygen atoms in total. The van der Waals surface area contributed by atoms with E-state index in [9.17, 15) is 0 Å². The number of aromatic nitrogens is 3. The number of hydrogen-bond donors (Lipinski definition) is 1. The molecule has 27 heavy (non-hydrogen) atoms. The summed E-state index contributed by atoms with van der Waals surface area (Å²) >= 11 is 0. The normalized spacial score (nSPS) is 18.0. The lowest BCUT2D eigenvalue weighted by molar-refractivity contribution is 0.229. The number of nitrogens with zero attached hydrogens (tertiary/aromatic N) is 6. The van der Waals surface area contributed by atoms with E-state index in [-0.39, 0.29) is 0 Å². The highest BCUT2D eigenvalue weighted by atomic mass is 15.3. The third kappa shape index (κ3) is 4.26. The van der Waals surface area contributed by atoms with Crippen molar-refractivity contribution in [2.24, 2.45) is 0 Å². The lowest BCUT2D eigenvalue weighted by atomic mass is 10.1. The Bertz CT molecular complexity index is 754. The van der Waals surface area contributed by atoms with Gasteiger partial charge < -0.3 is 15.1 Å². The van der Waals surface area contributed by atoms with Crippen molar-refractivity contribution in [3.8, 4) is 11.5 Å². The Kier molecular flexibility index (Phi) is 5.61. The van der Waals surface area contributed by atoms with Crippen molar-refractivity contribution in [2.45, 2.75) is 13.0 Å². The fourth-order valence-electron chi connectivity index (χ4n) is 3.74. The third-order valence-electron chi connectivity index (χ3n) is 5.34. The van der Waals surface area contributed by atoms with Gasteiger partial charge in [-0.2, -0.15) is 0 Å². The summed E-state index contributed by atoms with van der Waals surface area (Å²) in [6, 6.07) is 5.91. The molecule has 4 rings (SSSR count). The Labute approximate surface area is 161 Å². The molecule has 2 aromatic rings. The highest BCUT2D eigenvalue weighted by molar-refractivity contribution is 5.58. The quantitative estimate of drug-likeness (QED) is 0.841. The fraction of sp³-hybridized carbons (Fsp3) is 0.550. The molecule has 0 unspecified atom stereocenters. The van der Waals surface area contributed by atoms with Crippen molar-refractivity contribution in [1.29, 1.82) is 0 Å². The molecule has 1 N–H and O–H groups in total. The summed E-state index contributed by atoms with van der Waals surface area (Å²) in [6.07, 6.45) is 2.80. The van der Waals surface area contributed by atoms with Gasteiger partial charge in [0.05, 0.1) is 5.69 Å². The van der Waals surface area contributed by atoms with Crippen molar-refractivity contribution in [2.75, 3.05) is 64.8 Å². The van der Waals surface area contributed by atoms with Gasteiger partial charge in [0.1, 0.15) is 11.5 Å². The molecule has 0 aliphatic carbocycles. The average molecular weight is 368 g/mol. The van der Waals surface area contributed by atoms with Crippen molar-refractivity contribution in [1.82, 2.24) is 30.1 Å². The summed E-state index contributed by atoms with van der Waals surface area (Å²) in [5.41, 5.74) is 3.29. The van der Waals surface area contributed by atoms with Crippen LogP contribution in [0.1, 0.15) is 11.3 Å². The van der Waals surface area contributed by atoms with E-state index in [1.807, 2.05) is 18.2 Å². The van der Waals surface area contributed by atoms with Crippen LogP contribution in [0, 0.1) is 0 Å². The molecule has 2 aliphatic heterocycles. The zero-order chi connectivity index (χ0) is 18.6. The van der Waals surface area contributed by atoms with E-state index >= 15 is 0 Å². The lowest BCUT2D eigenvalue weighted by Gasteiger charge is -2.37. The first kappa shape index (κ1) is 18.3. The lowest BCUT2D eigenvalue weighted by Crippen LogP contribution is -2.49. The number of fused-ring (bicyclic) bond motifs is 1. The smallest absolute Gasteiger partial charge is 0.180 e. The van der Waals surface area contributed by atoms with Gasteiger partial charge >= 0.3 is 0 Å². The van der Waals surface area contributed by atoms with Crippen LogP contribution < -0.4 is 10.2 Å². The van der Waals surface area contributed by atoms with Crippen LogP contribution in [0.15, 0.2) is 24.4 Å². The summed E-state index contributed by atoms with van der Waals surface area (Å²) in [5.74, 6) is 1.86. The molecule has 0 atom stereocenters. The van der Waals surface area contributed by atoms with E-state index in [0.29, 0.717) is 0 Å². The molecule has 1 saturated heterocycles. The Hall–Kier alpha value is -2.09. The number of rotatable bonds is 5. The predicted molar refractivity (Wildman–Crippen MR) is 108 cm³/mol. The van der Waals surface area contributed by atoms with Crippen LogP contribution in [0.5, 0.6) is 0 Å². The fourth-order valence-corrected chi connectivity index (χ4v) is 3.74. The van der Waals surface area contributed by atoms with E-state index in [4.69, 9.17) is 9.97 Å². The largest absolute Gasteiger partial charge is 0.354 e. The summed E-state index contributed by atoms with van der Waals surface area (Å²) in [4.78, 5) is 21.5. The molecule has 4 heterocycles. The first-order valence-corrected chi connectivity index (χ1v) is 9.84. The molecule has 2 aliphatic rings. The minimum absolute atomic E-state index is 0.739. The summed E-state index contributed by atoms with van der Waals surface area (Å²) < 4.78 is 0. The molecule has 0 radical (unpaired) electrons. The highest BCUT2D eigenvalue weighted by Gasteiger charge is 2.25. The van der Waals surface area contributed by atoms with E-state index in [1.165, 1.54) is 5.56 Å². The van der Waals surface area contributed by atoms with Gasteiger partial charge in [-0.15, -0.1) is 0 Å². The van der Waals surface area contributed by atoms with Crippen LogP contribution in [-0.2, 0) is 13.0 Å².